The zero-order valence-electron chi connectivity index (χ0n) is 10.2. The molecule has 1 unspecified atom stereocenters. The number of nitrogens with zero attached hydrogens (tertiary/aromatic N) is 1. The molecule has 2 rings (SSSR count). The summed E-state index contributed by atoms with van der Waals surface area (Å²) in [5, 5.41) is 7.17. The Balaban J connectivity index is 2.26. The van der Waals surface area contributed by atoms with E-state index >= 15 is 0 Å². The van der Waals surface area contributed by atoms with Crippen LogP contribution in [0.5, 0.6) is 0 Å². The summed E-state index contributed by atoms with van der Waals surface area (Å²) in [5.74, 6) is 0. The molecule has 2 aromatic rings. The van der Waals surface area contributed by atoms with E-state index < -0.39 is 0 Å². The second kappa shape index (κ2) is 6.15. The van der Waals surface area contributed by atoms with E-state index in [1.807, 2.05) is 18.2 Å². The zero-order chi connectivity index (χ0) is 13.1. The Morgan fingerprint density at radius 2 is 2.28 bits per heavy atom. The third-order valence-electron chi connectivity index (χ3n) is 2.64. The summed E-state index contributed by atoms with van der Waals surface area (Å²) in [5.41, 5.74) is 2.14. The molecular weight excluding hydrogens is 332 g/mol. The lowest BCUT2D eigenvalue weighted by atomic mass is 10.2. The summed E-state index contributed by atoms with van der Waals surface area (Å²) < 4.78 is 0.908. The number of halogens is 2. The molecule has 0 aliphatic carbocycles. The van der Waals surface area contributed by atoms with Gasteiger partial charge in [0, 0.05) is 21.5 Å². The van der Waals surface area contributed by atoms with Crippen molar-refractivity contribution in [3.63, 3.8) is 0 Å². The molecule has 0 radical (unpaired) electrons. The molecule has 0 aliphatic rings. The first kappa shape index (κ1) is 14.0. The van der Waals surface area contributed by atoms with Crippen molar-refractivity contribution in [3.05, 3.63) is 38.8 Å². The highest BCUT2D eigenvalue weighted by molar-refractivity contribution is 9.10. The Bertz CT molecular complexity index is 542. The zero-order valence-corrected chi connectivity index (χ0v) is 13.4. The lowest BCUT2D eigenvalue weighted by Crippen LogP contribution is -2.17. The van der Waals surface area contributed by atoms with Crippen molar-refractivity contribution in [3.8, 4) is 10.6 Å². The summed E-state index contributed by atoms with van der Waals surface area (Å²) in [6.07, 6.45) is 0. The van der Waals surface area contributed by atoms with Gasteiger partial charge in [-0.25, -0.2) is 4.98 Å². The van der Waals surface area contributed by atoms with E-state index in [4.69, 9.17) is 11.6 Å². The highest BCUT2D eigenvalue weighted by atomic mass is 79.9. The number of benzene rings is 1. The molecule has 0 fully saturated rings. The number of thiazole rings is 1. The van der Waals surface area contributed by atoms with Crippen LogP contribution in [0.15, 0.2) is 28.1 Å². The van der Waals surface area contributed by atoms with Gasteiger partial charge in [0.2, 0.25) is 0 Å². The van der Waals surface area contributed by atoms with E-state index in [9.17, 15) is 0 Å². The molecule has 1 aromatic carbocycles. The first-order valence-corrected chi connectivity index (χ1v) is 7.81. The molecule has 0 saturated heterocycles. The SMILES string of the molecule is CCNC(C)c1csc(-c2ccc(Br)c(Cl)c2)n1. The minimum atomic E-state index is 0.283. The Morgan fingerprint density at radius 1 is 1.50 bits per heavy atom. The third-order valence-corrected chi connectivity index (χ3v) is 4.78. The molecule has 96 valence electrons. The molecule has 1 heterocycles. The van der Waals surface area contributed by atoms with Crippen molar-refractivity contribution in [2.45, 2.75) is 19.9 Å². The van der Waals surface area contributed by atoms with Crippen molar-refractivity contribution in [1.82, 2.24) is 10.3 Å². The minimum absolute atomic E-state index is 0.283. The van der Waals surface area contributed by atoms with E-state index in [2.05, 4.69) is 45.5 Å². The number of hydrogen-bond donors (Lipinski definition) is 1. The van der Waals surface area contributed by atoms with Crippen LogP contribution in [-0.4, -0.2) is 11.5 Å². The van der Waals surface area contributed by atoms with E-state index in [0.29, 0.717) is 5.02 Å². The van der Waals surface area contributed by atoms with Gasteiger partial charge in [-0.1, -0.05) is 24.6 Å². The van der Waals surface area contributed by atoms with Gasteiger partial charge in [0.1, 0.15) is 5.01 Å². The molecule has 1 N–H and O–H groups in total. The van der Waals surface area contributed by atoms with Crippen LogP contribution in [0.1, 0.15) is 25.6 Å². The van der Waals surface area contributed by atoms with Gasteiger partial charge in [-0.05, 0) is 41.5 Å². The molecule has 1 aromatic heterocycles. The molecule has 0 bridgehead atoms. The van der Waals surface area contributed by atoms with Gasteiger partial charge in [0.15, 0.2) is 0 Å². The Morgan fingerprint density at radius 3 is 2.94 bits per heavy atom. The van der Waals surface area contributed by atoms with E-state index in [0.717, 1.165) is 27.3 Å². The Labute approximate surface area is 125 Å². The minimum Gasteiger partial charge on any atom is -0.309 e. The van der Waals surface area contributed by atoms with Crippen LogP contribution in [0.25, 0.3) is 10.6 Å². The highest BCUT2D eigenvalue weighted by Gasteiger charge is 2.10. The first-order chi connectivity index (χ1) is 8.61. The van der Waals surface area contributed by atoms with Gasteiger partial charge in [-0.15, -0.1) is 11.3 Å². The summed E-state index contributed by atoms with van der Waals surface area (Å²) in [6, 6.07) is 6.20. The van der Waals surface area contributed by atoms with Crippen LogP contribution in [0.4, 0.5) is 0 Å². The lowest BCUT2D eigenvalue weighted by molar-refractivity contribution is 0.587. The lowest BCUT2D eigenvalue weighted by Gasteiger charge is -2.08. The van der Waals surface area contributed by atoms with Crippen molar-refractivity contribution < 1.29 is 0 Å². The molecule has 0 amide bonds. The fraction of sp³-hybridized carbons (Fsp3) is 0.308. The van der Waals surface area contributed by atoms with Crippen molar-refractivity contribution in [2.24, 2.45) is 0 Å². The number of aromatic nitrogens is 1. The topological polar surface area (TPSA) is 24.9 Å². The van der Waals surface area contributed by atoms with Gasteiger partial charge >= 0.3 is 0 Å². The van der Waals surface area contributed by atoms with Crippen molar-refractivity contribution >= 4 is 38.9 Å². The predicted octanol–water partition coefficient (Wildman–Crippen LogP) is 4.90. The van der Waals surface area contributed by atoms with Gasteiger partial charge in [0.25, 0.3) is 0 Å². The van der Waals surface area contributed by atoms with E-state index in [-0.39, 0.29) is 6.04 Å². The molecule has 1 atom stereocenters. The molecule has 0 saturated carbocycles. The van der Waals surface area contributed by atoms with E-state index in [1.165, 1.54) is 0 Å². The Kier molecular flexibility index (Phi) is 4.78. The van der Waals surface area contributed by atoms with Crippen LogP contribution >= 0.6 is 38.9 Å². The van der Waals surface area contributed by atoms with Gasteiger partial charge < -0.3 is 5.32 Å². The molecule has 18 heavy (non-hydrogen) atoms. The van der Waals surface area contributed by atoms with Crippen LogP contribution in [0.2, 0.25) is 5.02 Å². The smallest absolute Gasteiger partial charge is 0.123 e. The number of hydrogen-bond acceptors (Lipinski definition) is 3. The van der Waals surface area contributed by atoms with Crippen LogP contribution in [0.3, 0.4) is 0 Å². The maximum absolute atomic E-state index is 6.10. The fourth-order valence-corrected chi connectivity index (χ4v) is 3.00. The normalized spacial score (nSPS) is 12.7. The van der Waals surface area contributed by atoms with Crippen LogP contribution in [-0.2, 0) is 0 Å². The van der Waals surface area contributed by atoms with Crippen LogP contribution < -0.4 is 5.32 Å². The summed E-state index contributed by atoms with van der Waals surface area (Å²) in [6.45, 7) is 5.16. The summed E-state index contributed by atoms with van der Waals surface area (Å²) >= 11 is 11.1. The second-order valence-corrected chi connectivity index (χ2v) is 6.11. The fourth-order valence-electron chi connectivity index (χ4n) is 1.66. The van der Waals surface area contributed by atoms with Gasteiger partial charge in [0.05, 0.1) is 10.7 Å². The van der Waals surface area contributed by atoms with Crippen LogP contribution in [0, 0.1) is 0 Å². The summed E-state index contributed by atoms with van der Waals surface area (Å²) in [4.78, 5) is 4.65. The third kappa shape index (κ3) is 3.12. The molecule has 5 heteroatoms. The highest BCUT2D eigenvalue weighted by Crippen LogP contribution is 2.31. The maximum Gasteiger partial charge on any atom is 0.123 e. The largest absolute Gasteiger partial charge is 0.309 e. The molecule has 0 aliphatic heterocycles. The molecule has 0 spiro atoms. The van der Waals surface area contributed by atoms with Crippen molar-refractivity contribution in [1.29, 1.82) is 0 Å². The standard InChI is InChI=1S/C13H14BrClN2S/c1-3-16-8(2)12-7-18-13(17-12)9-4-5-10(14)11(15)6-9/h4-8,16H,3H2,1-2H3. The van der Waals surface area contributed by atoms with Gasteiger partial charge in [-0.2, -0.15) is 0 Å². The maximum atomic E-state index is 6.10. The number of nitrogens with one attached hydrogen (secondary N) is 1. The monoisotopic (exact) mass is 344 g/mol. The quantitative estimate of drug-likeness (QED) is 0.852. The van der Waals surface area contributed by atoms with Crippen molar-refractivity contribution in [2.75, 3.05) is 6.54 Å². The molecular formula is C13H14BrClN2S. The average Bonchev–Trinajstić information content (AvgIpc) is 2.82. The van der Waals surface area contributed by atoms with Gasteiger partial charge in [-0.3, -0.25) is 0 Å². The summed E-state index contributed by atoms with van der Waals surface area (Å²) in [7, 11) is 0. The predicted molar refractivity (Wildman–Crippen MR) is 82.4 cm³/mol. The average molecular weight is 346 g/mol. The van der Waals surface area contributed by atoms with E-state index in [1.54, 1.807) is 11.3 Å². The number of rotatable bonds is 4. The Hall–Kier alpha value is -0.420. The second-order valence-electron chi connectivity index (χ2n) is 3.99. The first-order valence-electron chi connectivity index (χ1n) is 5.76. The molecule has 2 nitrogen and oxygen atoms in total.